The molecule has 33 heteroatoms. The molecule has 25 nitrogen and oxygen atoms in total. The van der Waals surface area contributed by atoms with E-state index in [-0.39, 0.29) is 117 Å². The molecule has 392 valence electrons. The number of thiazole rings is 1. The van der Waals surface area contributed by atoms with Crippen molar-refractivity contribution in [1.82, 2.24) is 14.4 Å². The van der Waals surface area contributed by atoms with E-state index < -0.39 is 73.6 Å². The van der Waals surface area contributed by atoms with Crippen LogP contribution in [-0.4, -0.2) is 101 Å². The molecule has 0 fully saturated rings. The van der Waals surface area contributed by atoms with Crippen LogP contribution in [0.5, 0.6) is 11.6 Å². The molecule has 0 aliphatic rings. The predicted molar refractivity (Wildman–Crippen MR) is 278 cm³/mol. The Balaban J connectivity index is 1.17. The number of hydrogen-bond acceptors (Lipinski definition) is 21. The number of nitrogens with zero attached hydrogens (tertiary/aromatic N) is 9. The van der Waals surface area contributed by atoms with Gasteiger partial charge in [0.15, 0.2) is 5.65 Å². The van der Waals surface area contributed by atoms with Gasteiger partial charge < -0.3 is 15.6 Å². The zero-order valence-electron chi connectivity index (χ0n) is 37.8. The van der Waals surface area contributed by atoms with Crippen molar-refractivity contribution in [2.75, 3.05) is 23.9 Å². The summed E-state index contributed by atoms with van der Waals surface area (Å²) < 4.78 is 140. The minimum atomic E-state index is -4.89. The number of ether oxygens (including phenoxy) is 1. The number of carbonyl (C=O) groups is 1. The molecule has 0 radical (unpaired) electrons. The second kappa shape index (κ2) is 21.3. The van der Waals surface area contributed by atoms with E-state index in [9.17, 15) is 61.8 Å². The third-order valence-corrected chi connectivity index (χ3v) is 16.6. The van der Waals surface area contributed by atoms with Gasteiger partial charge in [-0.2, -0.15) is 33.7 Å². The fraction of sp³-hybridized carbons (Fsp3) is 0.167. The van der Waals surface area contributed by atoms with Crippen LogP contribution >= 0.6 is 46.3 Å². The highest BCUT2D eigenvalue weighted by molar-refractivity contribution is 7.99. The van der Waals surface area contributed by atoms with Crippen LogP contribution in [0.3, 0.4) is 0 Å². The van der Waals surface area contributed by atoms with Gasteiger partial charge in [-0.25, -0.2) is 9.97 Å². The van der Waals surface area contributed by atoms with E-state index in [1.807, 2.05) is 0 Å². The van der Waals surface area contributed by atoms with Crippen LogP contribution in [0.25, 0.3) is 37.7 Å². The largest absolute Gasteiger partial charge is 0.493 e. The Hall–Kier alpha value is -6.36. The minimum absolute atomic E-state index is 0.0291. The standard InChI is InChI=1S/C42H34Cl2N10O15S6/c1-20-35(39(45)55)40-46-26-6-2-3-7-31(26)54(40)41(56)36(20)52-50-29-16-24(43)27(18-32(29)69-10-4-12-72(57,58)59)48-51-30-17-25(44)28(19-33(30)70-11-5-13-73(60,61)62)49-53-42-47-37-34(75(66,67)68)14-21-8-9-22(74(63,64)65)15-23(21)38(37)71-42/h2-3,6-9,14-19,56H,4-5,10-13H2,1H3,(H2,45,55)(H,57,58,59)(H,60,61,62)(H,63,64,65)(H,66,67,68). The number of benzene rings is 5. The molecule has 0 unspecified atom stereocenters. The number of hydrogen-bond donors (Lipinski definition) is 6. The lowest BCUT2D eigenvalue weighted by molar-refractivity contribution is 0.100. The average molecular weight is 1180 g/mol. The number of amides is 1. The molecular formula is C42H34Cl2N10O15S6. The molecule has 8 aromatic rings. The number of nitrogens with two attached hydrogens (primary N) is 1. The van der Waals surface area contributed by atoms with Gasteiger partial charge >= 0.3 is 0 Å². The van der Waals surface area contributed by atoms with E-state index in [1.165, 1.54) is 41.7 Å². The zero-order valence-corrected chi connectivity index (χ0v) is 44.2. The van der Waals surface area contributed by atoms with Crippen LogP contribution in [-0.2, 0) is 40.5 Å². The molecule has 7 N–H and O–H groups in total. The van der Waals surface area contributed by atoms with E-state index in [4.69, 9.17) is 33.7 Å². The summed E-state index contributed by atoms with van der Waals surface area (Å²) in [5.74, 6) is -2.60. The van der Waals surface area contributed by atoms with Crippen LogP contribution in [0.1, 0.15) is 28.8 Å². The molecule has 0 spiro atoms. The lowest BCUT2D eigenvalue weighted by Crippen LogP contribution is -2.15. The Kier molecular flexibility index (Phi) is 15.6. The number of aromatic hydroxyl groups is 1. The highest BCUT2D eigenvalue weighted by Gasteiger charge is 2.25. The second-order valence-corrected chi connectivity index (χ2v) is 24.7. The minimum Gasteiger partial charge on any atom is -0.493 e. The van der Waals surface area contributed by atoms with Crippen molar-refractivity contribution in [2.45, 2.75) is 34.5 Å². The number of imidazole rings is 1. The van der Waals surface area contributed by atoms with Gasteiger partial charge in [-0.05, 0) is 85.0 Å². The number of aromatic nitrogens is 3. The predicted octanol–water partition coefficient (Wildman–Crippen LogP) is 10.4. The molecule has 1 amide bonds. The molecule has 3 heterocycles. The fourth-order valence-corrected chi connectivity index (χ4v) is 12.0. The van der Waals surface area contributed by atoms with Gasteiger partial charge in [-0.1, -0.05) is 52.7 Å². The average Bonchev–Trinajstić information content (AvgIpc) is 3.94. The number of pyridine rings is 1. The number of thioether (sulfide) groups is 1. The molecule has 0 aliphatic heterocycles. The normalized spacial score (nSPS) is 13.0. The van der Waals surface area contributed by atoms with Crippen LogP contribution in [0.4, 0.5) is 33.6 Å². The SMILES string of the molecule is Cc1c(N=Nc2cc(Cl)c(N=Nc3cc(Cl)c(N=Nc4nc5c(S(=O)(=O)O)cc6ccc(S(=O)(=O)O)cc6c5s4)cc3SCCCS(=O)(=O)O)cc2OCCCS(=O)(=O)O)c(O)n2c(nc3ccccc32)c1C(N)=O. The summed E-state index contributed by atoms with van der Waals surface area (Å²) in [5.41, 5.74) is 6.15. The van der Waals surface area contributed by atoms with Gasteiger partial charge in [0, 0.05) is 16.3 Å². The Morgan fingerprint density at radius 1 is 0.760 bits per heavy atom. The monoisotopic (exact) mass is 1180 g/mol. The lowest BCUT2D eigenvalue weighted by Gasteiger charge is -2.12. The van der Waals surface area contributed by atoms with Gasteiger partial charge in [-0.3, -0.25) is 27.4 Å². The zero-order chi connectivity index (χ0) is 54.4. The molecule has 0 bridgehead atoms. The van der Waals surface area contributed by atoms with E-state index >= 15 is 0 Å². The molecule has 0 saturated heterocycles. The topological polar surface area (TPSA) is 394 Å². The first-order chi connectivity index (χ1) is 35.2. The van der Waals surface area contributed by atoms with E-state index in [0.717, 1.165) is 41.3 Å². The third kappa shape index (κ3) is 12.5. The quantitative estimate of drug-likeness (QED) is 0.0190. The number of para-hydroxylation sites is 2. The van der Waals surface area contributed by atoms with Gasteiger partial charge in [-0.15, -0.1) is 42.4 Å². The van der Waals surface area contributed by atoms with Gasteiger partial charge in [0.2, 0.25) is 11.0 Å². The molecule has 0 atom stereocenters. The molecule has 75 heavy (non-hydrogen) atoms. The van der Waals surface area contributed by atoms with Gasteiger partial charge in [0.25, 0.3) is 46.4 Å². The number of fused-ring (bicyclic) bond motifs is 6. The van der Waals surface area contributed by atoms with Crippen molar-refractivity contribution in [3.8, 4) is 11.6 Å². The van der Waals surface area contributed by atoms with Crippen LogP contribution < -0.4 is 10.5 Å². The summed E-state index contributed by atoms with van der Waals surface area (Å²) in [6, 6.07) is 16.4. The summed E-state index contributed by atoms with van der Waals surface area (Å²) in [6.07, 6.45) is -0.233. The number of carbonyl (C=O) groups excluding carboxylic acids is 1. The molecule has 0 aliphatic carbocycles. The maximum atomic E-state index is 12.7. The summed E-state index contributed by atoms with van der Waals surface area (Å²) in [5, 5.41) is 36.8. The first-order valence-electron chi connectivity index (χ1n) is 21.0. The summed E-state index contributed by atoms with van der Waals surface area (Å²) in [4.78, 5) is 20.6. The Morgan fingerprint density at radius 2 is 1.40 bits per heavy atom. The second-order valence-electron chi connectivity index (χ2n) is 15.8. The summed E-state index contributed by atoms with van der Waals surface area (Å²) in [7, 11) is -18.3. The smallest absolute Gasteiger partial charge is 0.296 e. The van der Waals surface area contributed by atoms with Crippen molar-refractivity contribution in [3.63, 3.8) is 0 Å². The van der Waals surface area contributed by atoms with Crippen LogP contribution in [0.15, 0.2) is 118 Å². The summed E-state index contributed by atoms with van der Waals surface area (Å²) >= 11 is 15.2. The number of primary amides is 1. The lowest BCUT2D eigenvalue weighted by atomic mass is 10.1. The number of halogens is 2. The van der Waals surface area contributed by atoms with Crippen molar-refractivity contribution >= 4 is 164 Å². The van der Waals surface area contributed by atoms with Crippen molar-refractivity contribution in [2.24, 2.45) is 36.4 Å². The van der Waals surface area contributed by atoms with Crippen LogP contribution in [0, 0.1) is 6.92 Å². The molecule has 0 saturated carbocycles. The first-order valence-corrected chi connectivity index (χ1v) is 29.7. The first kappa shape index (κ1) is 54.9. The Morgan fingerprint density at radius 3 is 2.08 bits per heavy atom. The fourth-order valence-electron chi connectivity index (χ4n) is 7.27. The van der Waals surface area contributed by atoms with Crippen molar-refractivity contribution in [1.29, 1.82) is 0 Å². The number of rotatable bonds is 19. The highest BCUT2D eigenvalue weighted by Crippen LogP contribution is 2.45. The maximum Gasteiger partial charge on any atom is 0.296 e. The van der Waals surface area contributed by atoms with Crippen molar-refractivity contribution < 1.29 is 66.5 Å². The van der Waals surface area contributed by atoms with Crippen LogP contribution in [0.2, 0.25) is 10.0 Å². The molecule has 8 rings (SSSR count). The van der Waals surface area contributed by atoms with Crippen molar-refractivity contribution in [3.05, 3.63) is 94.0 Å². The highest BCUT2D eigenvalue weighted by atomic mass is 35.5. The molecular weight excluding hydrogens is 1150 g/mol. The summed E-state index contributed by atoms with van der Waals surface area (Å²) in [6.45, 7) is 1.17. The van der Waals surface area contributed by atoms with Gasteiger partial charge in [0.05, 0.1) is 54.4 Å². The van der Waals surface area contributed by atoms with E-state index in [0.29, 0.717) is 11.0 Å². The van der Waals surface area contributed by atoms with Gasteiger partial charge in [0.1, 0.15) is 44.6 Å². The Bertz CT molecular complexity index is 4250. The molecule has 5 aromatic carbocycles. The number of azo groups is 3. The van der Waals surface area contributed by atoms with E-state index in [2.05, 4.69) is 40.7 Å². The molecule has 3 aromatic heterocycles. The van der Waals surface area contributed by atoms with E-state index in [1.54, 1.807) is 24.3 Å². The maximum absolute atomic E-state index is 12.7. The Labute approximate surface area is 442 Å². The third-order valence-electron chi connectivity index (χ3n) is 10.6.